The Labute approximate surface area is 118 Å². The van der Waals surface area contributed by atoms with Crippen LogP contribution in [0.4, 0.5) is 0 Å². The molecule has 4 nitrogen and oxygen atoms in total. The lowest BCUT2D eigenvalue weighted by atomic mass is 9.87. The van der Waals surface area contributed by atoms with Gasteiger partial charge >= 0.3 is 0 Å². The number of carbonyl (C=O) groups is 1. The van der Waals surface area contributed by atoms with E-state index >= 15 is 0 Å². The van der Waals surface area contributed by atoms with Gasteiger partial charge in [-0.25, -0.2) is 0 Å². The average Bonchev–Trinajstić information content (AvgIpc) is 2.34. The van der Waals surface area contributed by atoms with E-state index in [0.29, 0.717) is 10.6 Å². The van der Waals surface area contributed by atoms with Gasteiger partial charge in [-0.15, -0.1) is 0 Å². The Balaban J connectivity index is 2.85. The van der Waals surface area contributed by atoms with E-state index in [1.807, 2.05) is 26.8 Å². The van der Waals surface area contributed by atoms with Crippen molar-refractivity contribution in [1.29, 1.82) is 5.26 Å². The average molecular weight is 281 g/mol. The molecular formula is C14H17ClN2O2. The van der Waals surface area contributed by atoms with Gasteiger partial charge in [-0.2, -0.15) is 5.26 Å². The van der Waals surface area contributed by atoms with Crippen LogP contribution in [-0.4, -0.2) is 17.1 Å². The number of aliphatic hydroxyl groups is 1. The lowest BCUT2D eigenvalue weighted by molar-refractivity contribution is -0.130. The normalized spacial score (nSPS) is 14.3. The van der Waals surface area contributed by atoms with Gasteiger partial charge in [-0.05, 0) is 11.5 Å². The summed E-state index contributed by atoms with van der Waals surface area (Å²) in [6.07, 6.45) is -1.38. The maximum absolute atomic E-state index is 11.9. The molecule has 102 valence electrons. The third kappa shape index (κ3) is 3.95. The molecule has 2 N–H and O–H groups in total. The Bertz CT molecular complexity index is 503. The first kappa shape index (κ1) is 15.5. The van der Waals surface area contributed by atoms with E-state index in [9.17, 15) is 9.90 Å². The summed E-state index contributed by atoms with van der Waals surface area (Å²) < 4.78 is 0. The molecule has 0 spiro atoms. The van der Waals surface area contributed by atoms with Crippen LogP contribution in [0.2, 0.25) is 5.02 Å². The minimum absolute atomic E-state index is 0.314. The van der Waals surface area contributed by atoms with Gasteiger partial charge in [0, 0.05) is 10.6 Å². The van der Waals surface area contributed by atoms with Gasteiger partial charge in [0.15, 0.2) is 6.10 Å². The number of rotatable bonds is 3. The van der Waals surface area contributed by atoms with Gasteiger partial charge < -0.3 is 10.4 Å². The smallest absolute Gasteiger partial charge is 0.254 e. The Morgan fingerprint density at radius 3 is 2.47 bits per heavy atom. The monoisotopic (exact) mass is 280 g/mol. The molecule has 1 aromatic rings. The molecule has 0 heterocycles. The van der Waals surface area contributed by atoms with Crippen LogP contribution in [0.5, 0.6) is 0 Å². The summed E-state index contributed by atoms with van der Waals surface area (Å²) in [6.45, 7) is 5.51. The number of nitrogens with zero attached hydrogens (tertiary/aromatic N) is 1. The highest BCUT2D eigenvalue weighted by atomic mass is 35.5. The Kier molecular flexibility index (Phi) is 4.93. The first-order valence-corrected chi connectivity index (χ1v) is 6.27. The maximum Gasteiger partial charge on any atom is 0.254 e. The number of carbonyl (C=O) groups excluding carboxylic acids is 1. The molecule has 0 saturated carbocycles. The molecule has 0 saturated heterocycles. The second kappa shape index (κ2) is 6.05. The zero-order valence-corrected chi connectivity index (χ0v) is 11.9. The quantitative estimate of drug-likeness (QED) is 0.893. The van der Waals surface area contributed by atoms with Gasteiger partial charge in [0.25, 0.3) is 5.91 Å². The van der Waals surface area contributed by atoms with Crippen molar-refractivity contribution in [3.05, 3.63) is 34.9 Å². The highest BCUT2D eigenvalue weighted by molar-refractivity contribution is 6.31. The summed E-state index contributed by atoms with van der Waals surface area (Å²) in [5.74, 6) is -0.630. The lowest BCUT2D eigenvalue weighted by Crippen LogP contribution is -2.44. The second-order valence-corrected chi connectivity index (χ2v) is 5.77. The summed E-state index contributed by atoms with van der Waals surface area (Å²) in [5.41, 5.74) is -0.0859. The first-order chi connectivity index (χ1) is 8.77. The lowest BCUT2D eigenvalue weighted by Gasteiger charge is -2.26. The van der Waals surface area contributed by atoms with E-state index in [-0.39, 0.29) is 0 Å². The van der Waals surface area contributed by atoms with E-state index in [2.05, 4.69) is 5.32 Å². The predicted molar refractivity (Wildman–Crippen MR) is 73.4 cm³/mol. The van der Waals surface area contributed by atoms with Crippen molar-refractivity contribution in [1.82, 2.24) is 5.32 Å². The minimum Gasteiger partial charge on any atom is -0.378 e. The number of hydrogen-bond donors (Lipinski definition) is 2. The number of nitriles is 1. The number of hydrogen-bond acceptors (Lipinski definition) is 3. The van der Waals surface area contributed by atoms with Crippen LogP contribution in [0.3, 0.4) is 0 Å². The molecular weight excluding hydrogens is 264 g/mol. The first-order valence-electron chi connectivity index (χ1n) is 5.90. The molecule has 0 aromatic heterocycles. The van der Waals surface area contributed by atoms with Crippen molar-refractivity contribution in [3.8, 4) is 6.07 Å². The van der Waals surface area contributed by atoms with Crippen molar-refractivity contribution in [3.63, 3.8) is 0 Å². The molecule has 0 fully saturated rings. The summed E-state index contributed by atoms with van der Waals surface area (Å²) in [4.78, 5) is 11.9. The van der Waals surface area contributed by atoms with Crippen LogP contribution in [0, 0.1) is 16.7 Å². The van der Waals surface area contributed by atoms with Crippen molar-refractivity contribution in [2.24, 2.45) is 5.41 Å². The number of amides is 1. The van der Waals surface area contributed by atoms with Gasteiger partial charge in [0.05, 0.1) is 6.07 Å². The number of nitrogens with one attached hydrogen (secondary N) is 1. The van der Waals surface area contributed by atoms with Gasteiger partial charge in [0.1, 0.15) is 6.04 Å². The van der Waals surface area contributed by atoms with Crippen molar-refractivity contribution in [2.75, 3.05) is 0 Å². The van der Waals surface area contributed by atoms with E-state index in [1.165, 1.54) is 0 Å². The van der Waals surface area contributed by atoms with Crippen LogP contribution in [0.15, 0.2) is 24.3 Å². The molecule has 1 aromatic carbocycles. The molecule has 0 aliphatic rings. The summed E-state index contributed by atoms with van der Waals surface area (Å²) in [6, 6.07) is 7.90. The molecule has 0 aliphatic heterocycles. The molecule has 19 heavy (non-hydrogen) atoms. The summed E-state index contributed by atoms with van der Waals surface area (Å²) in [7, 11) is 0. The van der Waals surface area contributed by atoms with E-state index < -0.39 is 23.5 Å². The molecule has 1 rings (SSSR count). The molecule has 1 amide bonds. The Morgan fingerprint density at radius 2 is 2.00 bits per heavy atom. The number of benzene rings is 1. The Hall–Kier alpha value is -1.57. The van der Waals surface area contributed by atoms with Crippen LogP contribution in [-0.2, 0) is 4.79 Å². The number of aliphatic hydroxyl groups excluding tert-OH is 1. The van der Waals surface area contributed by atoms with E-state index in [1.54, 1.807) is 24.3 Å². The molecule has 0 unspecified atom stereocenters. The highest BCUT2D eigenvalue weighted by Gasteiger charge is 2.29. The van der Waals surface area contributed by atoms with Gasteiger partial charge in [0.2, 0.25) is 0 Å². The fourth-order valence-electron chi connectivity index (χ4n) is 1.50. The zero-order chi connectivity index (χ0) is 14.6. The predicted octanol–water partition coefficient (Wildman–Crippen LogP) is 2.43. The van der Waals surface area contributed by atoms with Crippen molar-refractivity contribution in [2.45, 2.75) is 32.9 Å². The van der Waals surface area contributed by atoms with Crippen molar-refractivity contribution >= 4 is 17.5 Å². The van der Waals surface area contributed by atoms with E-state index in [4.69, 9.17) is 16.9 Å². The molecule has 0 bridgehead atoms. The third-order valence-corrected chi connectivity index (χ3v) is 3.07. The molecule has 5 heteroatoms. The second-order valence-electron chi connectivity index (χ2n) is 5.36. The standard InChI is InChI=1S/C14H17ClN2O2/c1-14(2,3)11(8-16)17-13(19)12(18)9-6-4-5-7-10(9)15/h4-7,11-12,18H,1-3H3,(H,17,19)/t11-,12+/m0/s1. The van der Waals surface area contributed by atoms with Gasteiger partial charge in [-0.3, -0.25) is 4.79 Å². The zero-order valence-electron chi connectivity index (χ0n) is 11.1. The number of halogens is 1. The van der Waals surface area contributed by atoms with Crippen LogP contribution >= 0.6 is 11.6 Å². The maximum atomic E-state index is 11.9. The Morgan fingerprint density at radius 1 is 1.42 bits per heavy atom. The molecule has 0 aliphatic carbocycles. The van der Waals surface area contributed by atoms with Crippen LogP contribution in [0.1, 0.15) is 32.4 Å². The molecule has 2 atom stereocenters. The third-order valence-electron chi connectivity index (χ3n) is 2.73. The van der Waals surface area contributed by atoms with Crippen molar-refractivity contribution < 1.29 is 9.90 Å². The van der Waals surface area contributed by atoms with Gasteiger partial charge in [-0.1, -0.05) is 50.6 Å². The SMILES string of the molecule is CC(C)(C)[C@H](C#N)NC(=O)[C@H](O)c1ccccc1Cl. The summed E-state index contributed by atoms with van der Waals surface area (Å²) >= 11 is 5.92. The van der Waals surface area contributed by atoms with E-state index in [0.717, 1.165) is 0 Å². The van der Waals surface area contributed by atoms with Crippen LogP contribution in [0.25, 0.3) is 0 Å². The fourth-order valence-corrected chi connectivity index (χ4v) is 1.74. The minimum atomic E-state index is -1.38. The van der Waals surface area contributed by atoms with Crippen LogP contribution < -0.4 is 5.32 Å². The highest BCUT2D eigenvalue weighted by Crippen LogP contribution is 2.24. The topological polar surface area (TPSA) is 73.1 Å². The molecule has 0 radical (unpaired) electrons. The fraction of sp³-hybridized carbons (Fsp3) is 0.429. The summed E-state index contributed by atoms with van der Waals surface area (Å²) in [5, 5.41) is 21.9. The largest absolute Gasteiger partial charge is 0.378 e.